The molecule has 0 bridgehead atoms. The van der Waals surface area contributed by atoms with Gasteiger partial charge in [-0.2, -0.15) is 0 Å². The lowest BCUT2D eigenvalue weighted by Crippen LogP contribution is -2.28. The average Bonchev–Trinajstić information content (AvgIpc) is 2.72. The van der Waals surface area contributed by atoms with Crippen LogP contribution >= 0.6 is 0 Å². The van der Waals surface area contributed by atoms with Crippen molar-refractivity contribution < 1.29 is 19.0 Å². The maximum Gasteiger partial charge on any atom is 0.332 e. The lowest BCUT2D eigenvalue weighted by atomic mass is 10.1. The van der Waals surface area contributed by atoms with Crippen molar-refractivity contribution >= 4 is 5.97 Å². The fourth-order valence-corrected chi connectivity index (χ4v) is 2.41. The standard InChI is InChI=1S/C14H19NO4/c1-3-18-13(16)8-19-14-9-5-4-6-12(17-2)10(9)7-11(14)15/h4-6,11,14H,3,7-8,15H2,1-2H3. The molecule has 1 aromatic rings. The number of benzene rings is 1. The van der Waals surface area contributed by atoms with Gasteiger partial charge in [-0.15, -0.1) is 0 Å². The van der Waals surface area contributed by atoms with E-state index in [1.165, 1.54) is 0 Å². The first-order valence-corrected chi connectivity index (χ1v) is 6.36. The highest BCUT2D eigenvalue weighted by atomic mass is 16.6. The molecular weight excluding hydrogens is 246 g/mol. The highest BCUT2D eigenvalue weighted by Gasteiger charge is 2.33. The van der Waals surface area contributed by atoms with Crippen LogP contribution in [0.2, 0.25) is 0 Å². The SMILES string of the molecule is CCOC(=O)COC1c2cccc(OC)c2CC1N. The van der Waals surface area contributed by atoms with Gasteiger partial charge in [0.1, 0.15) is 12.4 Å². The summed E-state index contributed by atoms with van der Waals surface area (Å²) in [4.78, 5) is 11.3. The molecule has 1 aliphatic rings. The molecule has 2 N–H and O–H groups in total. The van der Waals surface area contributed by atoms with Gasteiger partial charge in [0.05, 0.1) is 19.8 Å². The Morgan fingerprint density at radius 3 is 2.95 bits per heavy atom. The van der Waals surface area contributed by atoms with E-state index >= 15 is 0 Å². The molecule has 0 aromatic heterocycles. The van der Waals surface area contributed by atoms with Crippen LogP contribution in [0.3, 0.4) is 0 Å². The largest absolute Gasteiger partial charge is 0.496 e. The molecule has 0 radical (unpaired) electrons. The summed E-state index contributed by atoms with van der Waals surface area (Å²) in [7, 11) is 1.63. The van der Waals surface area contributed by atoms with Gasteiger partial charge in [-0.3, -0.25) is 0 Å². The van der Waals surface area contributed by atoms with Gasteiger partial charge in [0, 0.05) is 11.6 Å². The third kappa shape index (κ3) is 2.88. The molecule has 19 heavy (non-hydrogen) atoms. The lowest BCUT2D eigenvalue weighted by Gasteiger charge is -2.17. The minimum atomic E-state index is -0.369. The first kappa shape index (κ1) is 13.8. The van der Waals surface area contributed by atoms with E-state index in [9.17, 15) is 4.79 Å². The van der Waals surface area contributed by atoms with Gasteiger partial charge < -0.3 is 19.9 Å². The number of nitrogens with two attached hydrogens (primary N) is 1. The number of rotatable bonds is 5. The average molecular weight is 265 g/mol. The zero-order valence-electron chi connectivity index (χ0n) is 11.2. The second-order valence-electron chi connectivity index (χ2n) is 4.43. The third-order valence-corrected chi connectivity index (χ3v) is 3.21. The summed E-state index contributed by atoms with van der Waals surface area (Å²) in [6.45, 7) is 2.03. The van der Waals surface area contributed by atoms with E-state index in [1.807, 2.05) is 18.2 Å². The number of carbonyl (C=O) groups is 1. The number of hydrogen-bond donors (Lipinski definition) is 1. The second-order valence-corrected chi connectivity index (χ2v) is 4.43. The Morgan fingerprint density at radius 1 is 1.47 bits per heavy atom. The van der Waals surface area contributed by atoms with Crippen molar-refractivity contribution in [2.24, 2.45) is 5.73 Å². The molecule has 0 spiro atoms. The van der Waals surface area contributed by atoms with E-state index < -0.39 is 0 Å². The molecule has 0 amide bonds. The molecule has 0 heterocycles. The Morgan fingerprint density at radius 2 is 2.26 bits per heavy atom. The van der Waals surface area contributed by atoms with Gasteiger partial charge in [-0.1, -0.05) is 12.1 Å². The van der Waals surface area contributed by atoms with E-state index in [0.29, 0.717) is 13.0 Å². The Balaban J connectivity index is 2.10. The van der Waals surface area contributed by atoms with Crippen molar-refractivity contribution in [1.82, 2.24) is 0 Å². The van der Waals surface area contributed by atoms with Crippen LogP contribution in [0.5, 0.6) is 5.75 Å². The zero-order chi connectivity index (χ0) is 13.8. The van der Waals surface area contributed by atoms with Gasteiger partial charge in [0.25, 0.3) is 0 Å². The molecule has 2 unspecified atom stereocenters. The van der Waals surface area contributed by atoms with E-state index in [-0.39, 0.29) is 24.7 Å². The first-order valence-electron chi connectivity index (χ1n) is 6.36. The van der Waals surface area contributed by atoms with Crippen LogP contribution in [0, 0.1) is 0 Å². The normalized spacial score (nSPS) is 21.0. The van der Waals surface area contributed by atoms with E-state index in [0.717, 1.165) is 16.9 Å². The molecule has 0 aliphatic heterocycles. The van der Waals surface area contributed by atoms with E-state index in [1.54, 1.807) is 14.0 Å². The first-order chi connectivity index (χ1) is 9.17. The highest BCUT2D eigenvalue weighted by Crippen LogP contribution is 2.38. The molecule has 0 saturated carbocycles. The number of methoxy groups -OCH3 is 1. The van der Waals surface area contributed by atoms with Crippen LogP contribution < -0.4 is 10.5 Å². The van der Waals surface area contributed by atoms with Gasteiger partial charge in [0.15, 0.2) is 0 Å². The molecular formula is C14H19NO4. The molecule has 2 atom stereocenters. The fraction of sp³-hybridized carbons (Fsp3) is 0.500. The minimum Gasteiger partial charge on any atom is -0.496 e. The van der Waals surface area contributed by atoms with Crippen molar-refractivity contribution in [2.75, 3.05) is 20.3 Å². The summed E-state index contributed by atoms with van der Waals surface area (Å²) in [5, 5.41) is 0. The zero-order valence-corrected chi connectivity index (χ0v) is 11.2. The van der Waals surface area contributed by atoms with Crippen molar-refractivity contribution in [3.8, 4) is 5.75 Å². The summed E-state index contributed by atoms with van der Waals surface area (Å²) < 4.78 is 15.8. The van der Waals surface area contributed by atoms with Gasteiger partial charge >= 0.3 is 5.97 Å². The van der Waals surface area contributed by atoms with Crippen molar-refractivity contribution in [3.63, 3.8) is 0 Å². The monoisotopic (exact) mass is 265 g/mol. The van der Waals surface area contributed by atoms with Gasteiger partial charge in [-0.05, 0) is 25.0 Å². The van der Waals surface area contributed by atoms with E-state index in [4.69, 9.17) is 19.9 Å². The molecule has 0 fully saturated rings. The molecule has 5 heteroatoms. The summed E-state index contributed by atoms with van der Waals surface area (Å²) >= 11 is 0. The van der Waals surface area contributed by atoms with Crippen molar-refractivity contribution in [2.45, 2.75) is 25.5 Å². The molecule has 1 aliphatic carbocycles. The molecule has 1 aromatic carbocycles. The third-order valence-electron chi connectivity index (χ3n) is 3.21. The summed E-state index contributed by atoms with van der Waals surface area (Å²) in [6, 6.07) is 5.59. The maximum atomic E-state index is 11.3. The predicted octanol–water partition coefficient (Wildman–Crippen LogP) is 1.20. The van der Waals surface area contributed by atoms with Gasteiger partial charge in [-0.25, -0.2) is 4.79 Å². The van der Waals surface area contributed by atoms with Crippen molar-refractivity contribution in [3.05, 3.63) is 29.3 Å². The predicted molar refractivity (Wildman–Crippen MR) is 70.0 cm³/mol. The van der Waals surface area contributed by atoms with Gasteiger partial charge in [0.2, 0.25) is 0 Å². The lowest BCUT2D eigenvalue weighted by molar-refractivity contribution is -0.150. The topological polar surface area (TPSA) is 70.8 Å². The molecule has 104 valence electrons. The Labute approximate surface area is 112 Å². The number of ether oxygens (including phenoxy) is 3. The van der Waals surface area contributed by atoms with Crippen molar-refractivity contribution in [1.29, 1.82) is 0 Å². The number of hydrogen-bond acceptors (Lipinski definition) is 5. The van der Waals surface area contributed by atoms with Crippen LogP contribution in [-0.2, 0) is 20.7 Å². The molecule has 0 saturated heterocycles. The Kier molecular flexibility index (Phi) is 4.39. The van der Waals surface area contributed by atoms with Crippen LogP contribution in [-0.4, -0.2) is 32.3 Å². The van der Waals surface area contributed by atoms with Crippen LogP contribution in [0.4, 0.5) is 0 Å². The van der Waals surface area contributed by atoms with Crippen LogP contribution in [0.1, 0.15) is 24.2 Å². The maximum absolute atomic E-state index is 11.3. The smallest absolute Gasteiger partial charge is 0.332 e. The second kappa shape index (κ2) is 6.04. The Hall–Kier alpha value is -1.59. The van der Waals surface area contributed by atoms with Crippen LogP contribution in [0.25, 0.3) is 0 Å². The van der Waals surface area contributed by atoms with Crippen LogP contribution in [0.15, 0.2) is 18.2 Å². The fourth-order valence-electron chi connectivity index (χ4n) is 2.41. The minimum absolute atomic E-state index is 0.0805. The molecule has 2 rings (SSSR count). The highest BCUT2D eigenvalue weighted by molar-refractivity contribution is 5.70. The Bertz CT molecular complexity index is 461. The number of fused-ring (bicyclic) bond motifs is 1. The molecule has 5 nitrogen and oxygen atoms in total. The summed E-state index contributed by atoms with van der Waals surface area (Å²) in [5.74, 6) is 0.446. The number of carbonyl (C=O) groups excluding carboxylic acids is 1. The van der Waals surface area contributed by atoms with E-state index in [2.05, 4.69) is 0 Å². The quantitative estimate of drug-likeness (QED) is 0.810. The summed E-state index contributed by atoms with van der Waals surface area (Å²) in [5.41, 5.74) is 8.14. The number of esters is 1. The summed E-state index contributed by atoms with van der Waals surface area (Å²) in [6.07, 6.45) is 0.404.